The number of nitrogens with one attached hydrogen (secondary N) is 1. The lowest BCUT2D eigenvalue weighted by Gasteiger charge is -2.28. The van der Waals surface area contributed by atoms with E-state index in [1.165, 1.54) is 17.2 Å². The molecular formula is C13H16FN. The van der Waals surface area contributed by atoms with Gasteiger partial charge in [-0.25, -0.2) is 4.39 Å². The Morgan fingerprint density at radius 1 is 1.27 bits per heavy atom. The third-order valence-corrected chi connectivity index (χ3v) is 2.71. The molecule has 0 spiro atoms. The van der Waals surface area contributed by atoms with E-state index in [0.717, 1.165) is 12.1 Å². The van der Waals surface area contributed by atoms with Gasteiger partial charge in [-0.1, -0.05) is 26.8 Å². The summed E-state index contributed by atoms with van der Waals surface area (Å²) < 4.78 is 13.2. The lowest BCUT2D eigenvalue weighted by molar-refractivity contribution is 0.556. The van der Waals surface area contributed by atoms with Gasteiger partial charge >= 0.3 is 0 Å². The summed E-state index contributed by atoms with van der Waals surface area (Å²) in [6.45, 7) is 7.21. The highest BCUT2D eigenvalue weighted by molar-refractivity contribution is 5.73. The van der Waals surface area contributed by atoms with E-state index in [1.807, 2.05) is 12.3 Å². The molecule has 0 saturated carbocycles. The first-order valence-electron chi connectivity index (χ1n) is 5.21. The molecule has 0 unspecified atom stereocenters. The molecule has 0 saturated heterocycles. The first kappa shape index (κ1) is 10.2. The molecule has 0 aliphatic carbocycles. The number of rotatable bonds is 0. The summed E-state index contributed by atoms with van der Waals surface area (Å²) in [5.41, 5.74) is 3.42. The Bertz CT molecular complexity index is 413. The van der Waals surface area contributed by atoms with Crippen LogP contribution in [0.1, 0.15) is 31.9 Å². The highest BCUT2D eigenvalue weighted by Gasteiger charge is 2.23. The van der Waals surface area contributed by atoms with Crippen LogP contribution in [0.15, 0.2) is 24.4 Å². The second-order valence-electron chi connectivity index (χ2n) is 4.99. The number of hydrogen-bond donors (Lipinski definition) is 1. The van der Waals surface area contributed by atoms with Crippen molar-refractivity contribution in [3.05, 3.63) is 41.3 Å². The van der Waals surface area contributed by atoms with Crippen LogP contribution in [0.25, 0.3) is 5.57 Å². The summed E-state index contributed by atoms with van der Waals surface area (Å²) in [4.78, 5) is 0. The van der Waals surface area contributed by atoms with Crippen LogP contribution >= 0.6 is 0 Å². The maximum atomic E-state index is 13.2. The van der Waals surface area contributed by atoms with Crippen LogP contribution in [-0.4, -0.2) is 0 Å². The standard InChI is InChI=1S/C13H16FN/c1-13(2,3)12-8-15-7-9-4-5-10(14)6-11(9)12/h4-6,8,15H,7H2,1-3H3. The molecule has 15 heavy (non-hydrogen) atoms. The van der Waals surface area contributed by atoms with Crippen molar-refractivity contribution in [2.75, 3.05) is 0 Å². The third-order valence-electron chi connectivity index (χ3n) is 2.71. The summed E-state index contributed by atoms with van der Waals surface area (Å²) in [5, 5.41) is 3.23. The average Bonchev–Trinajstić information content (AvgIpc) is 2.15. The number of allylic oxidation sites excluding steroid dienone is 1. The Morgan fingerprint density at radius 3 is 2.67 bits per heavy atom. The topological polar surface area (TPSA) is 12.0 Å². The number of benzene rings is 1. The van der Waals surface area contributed by atoms with Crippen molar-refractivity contribution in [1.82, 2.24) is 5.32 Å². The molecule has 0 bridgehead atoms. The molecule has 1 nitrogen and oxygen atoms in total. The van der Waals surface area contributed by atoms with Crippen molar-refractivity contribution >= 4 is 5.57 Å². The van der Waals surface area contributed by atoms with Crippen molar-refractivity contribution in [3.8, 4) is 0 Å². The van der Waals surface area contributed by atoms with Crippen LogP contribution in [0.4, 0.5) is 4.39 Å². The Balaban J connectivity index is 2.54. The predicted molar refractivity (Wildman–Crippen MR) is 60.7 cm³/mol. The van der Waals surface area contributed by atoms with E-state index in [2.05, 4.69) is 26.1 Å². The predicted octanol–water partition coefficient (Wildman–Crippen LogP) is 3.32. The highest BCUT2D eigenvalue weighted by atomic mass is 19.1. The van der Waals surface area contributed by atoms with Crippen LogP contribution in [0, 0.1) is 11.2 Å². The number of fused-ring (bicyclic) bond motifs is 1. The van der Waals surface area contributed by atoms with Gasteiger partial charge in [0.05, 0.1) is 0 Å². The smallest absolute Gasteiger partial charge is 0.123 e. The largest absolute Gasteiger partial charge is 0.387 e. The van der Waals surface area contributed by atoms with Crippen LogP contribution in [0.3, 0.4) is 0 Å². The fourth-order valence-electron chi connectivity index (χ4n) is 1.91. The zero-order valence-corrected chi connectivity index (χ0v) is 9.39. The van der Waals surface area contributed by atoms with Crippen molar-refractivity contribution in [1.29, 1.82) is 0 Å². The fraction of sp³-hybridized carbons (Fsp3) is 0.385. The molecule has 0 radical (unpaired) electrons. The molecule has 1 aromatic carbocycles. The number of hydrogen-bond acceptors (Lipinski definition) is 1. The van der Waals surface area contributed by atoms with Crippen molar-refractivity contribution in [2.24, 2.45) is 5.41 Å². The average molecular weight is 205 g/mol. The van der Waals surface area contributed by atoms with Gasteiger partial charge in [-0.3, -0.25) is 0 Å². The Morgan fingerprint density at radius 2 is 2.00 bits per heavy atom. The minimum atomic E-state index is -0.161. The zero-order chi connectivity index (χ0) is 11.1. The quantitative estimate of drug-likeness (QED) is 0.685. The van der Waals surface area contributed by atoms with Gasteiger partial charge in [0, 0.05) is 12.7 Å². The molecule has 80 valence electrons. The molecule has 0 fully saturated rings. The van der Waals surface area contributed by atoms with E-state index in [0.29, 0.717) is 0 Å². The van der Waals surface area contributed by atoms with E-state index in [4.69, 9.17) is 0 Å². The minimum Gasteiger partial charge on any atom is -0.387 e. The Hall–Kier alpha value is -1.31. The van der Waals surface area contributed by atoms with Crippen LogP contribution in [-0.2, 0) is 6.54 Å². The van der Waals surface area contributed by atoms with E-state index in [-0.39, 0.29) is 11.2 Å². The summed E-state index contributed by atoms with van der Waals surface area (Å²) in [6.07, 6.45) is 2.00. The van der Waals surface area contributed by atoms with Gasteiger partial charge in [0.2, 0.25) is 0 Å². The van der Waals surface area contributed by atoms with E-state index < -0.39 is 0 Å². The monoisotopic (exact) mass is 205 g/mol. The molecule has 2 heteroatoms. The van der Waals surface area contributed by atoms with Gasteiger partial charge in [0.15, 0.2) is 0 Å². The molecule has 1 aromatic rings. The van der Waals surface area contributed by atoms with Gasteiger partial charge in [-0.15, -0.1) is 0 Å². The van der Waals surface area contributed by atoms with Gasteiger partial charge in [-0.05, 0) is 34.2 Å². The fourth-order valence-corrected chi connectivity index (χ4v) is 1.91. The van der Waals surface area contributed by atoms with Crippen molar-refractivity contribution < 1.29 is 4.39 Å². The zero-order valence-electron chi connectivity index (χ0n) is 9.39. The van der Waals surface area contributed by atoms with Gasteiger partial charge in [-0.2, -0.15) is 0 Å². The lowest BCUT2D eigenvalue weighted by atomic mass is 9.80. The SMILES string of the molecule is CC(C)(C)C1=CNCc2ccc(F)cc21. The second-order valence-corrected chi connectivity index (χ2v) is 4.99. The minimum absolute atomic E-state index is 0.0377. The lowest BCUT2D eigenvalue weighted by Crippen LogP contribution is -2.20. The maximum absolute atomic E-state index is 13.2. The molecule has 0 amide bonds. The molecule has 1 aliphatic heterocycles. The van der Waals surface area contributed by atoms with Crippen LogP contribution < -0.4 is 5.32 Å². The Kier molecular flexibility index (Phi) is 2.29. The molecule has 0 atom stereocenters. The normalized spacial score (nSPS) is 15.3. The van der Waals surface area contributed by atoms with Crippen molar-refractivity contribution in [2.45, 2.75) is 27.3 Å². The molecule has 1 aliphatic rings. The van der Waals surface area contributed by atoms with Gasteiger partial charge < -0.3 is 5.32 Å². The highest BCUT2D eigenvalue weighted by Crippen LogP contribution is 2.37. The molecule has 1 heterocycles. The Labute approximate surface area is 90.0 Å². The molecule has 0 aromatic heterocycles. The summed E-state index contributed by atoms with van der Waals surface area (Å²) in [6, 6.07) is 5.01. The summed E-state index contributed by atoms with van der Waals surface area (Å²) in [5.74, 6) is -0.161. The van der Waals surface area contributed by atoms with Crippen molar-refractivity contribution in [3.63, 3.8) is 0 Å². The molecule has 1 N–H and O–H groups in total. The maximum Gasteiger partial charge on any atom is 0.123 e. The molecule has 2 rings (SSSR count). The first-order chi connectivity index (χ1) is 6.98. The molecular weight excluding hydrogens is 189 g/mol. The van der Waals surface area contributed by atoms with E-state index in [1.54, 1.807) is 6.07 Å². The summed E-state index contributed by atoms with van der Waals surface area (Å²) >= 11 is 0. The van der Waals surface area contributed by atoms with Gasteiger partial charge in [0.1, 0.15) is 5.82 Å². The summed E-state index contributed by atoms with van der Waals surface area (Å²) in [7, 11) is 0. The van der Waals surface area contributed by atoms with Crippen LogP contribution in [0.2, 0.25) is 0 Å². The van der Waals surface area contributed by atoms with Crippen LogP contribution in [0.5, 0.6) is 0 Å². The second kappa shape index (κ2) is 3.37. The number of halogens is 1. The third kappa shape index (κ3) is 1.89. The van der Waals surface area contributed by atoms with E-state index >= 15 is 0 Å². The van der Waals surface area contributed by atoms with Gasteiger partial charge in [0.25, 0.3) is 0 Å². The van der Waals surface area contributed by atoms with E-state index in [9.17, 15) is 4.39 Å². The first-order valence-corrected chi connectivity index (χ1v) is 5.21.